The van der Waals surface area contributed by atoms with Crippen LogP contribution in [0.4, 0.5) is 5.69 Å². The van der Waals surface area contributed by atoms with Gasteiger partial charge in [0.15, 0.2) is 0 Å². The van der Waals surface area contributed by atoms with Crippen molar-refractivity contribution in [3.05, 3.63) is 64.7 Å². The zero-order chi connectivity index (χ0) is 18.3. The van der Waals surface area contributed by atoms with Crippen LogP contribution in [0.1, 0.15) is 35.7 Å². The third-order valence-electron chi connectivity index (χ3n) is 3.39. The standard InChI is InChI=1S/C18H20ClNO4S/c1-2-3-12-24-18(21)15-6-10-17(11-7-15)20-25(22,23)13-14-4-8-16(19)9-5-14/h4-11,20H,2-3,12-13H2,1H3. The first-order valence-electron chi connectivity index (χ1n) is 7.92. The molecular weight excluding hydrogens is 362 g/mol. The van der Waals surface area contributed by atoms with Gasteiger partial charge in [-0.1, -0.05) is 37.1 Å². The molecule has 0 aliphatic rings. The Bertz CT molecular complexity index is 802. The van der Waals surface area contributed by atoms with Crippen LogP contribution in [0.3, 0.4) is 0 Å². The van der Waals surface area contributed by atoms with Crippen molar-refractivity contribution in [2.45, 2.75) is 25.5 Å². The van der Waals surface area contributed by atoms with E-state index in [1.807, 2.05) is 6.92 Å². The summed E-state index contributed by atoms with van der Waals surface area (Å²) >= 11 is 5.79. The maximum absolute atomic E-state index is 12.2. The molecule has 0 saturated carbocycles. The number of esters is 1. The second-order valence-electron chi connectivity index (χ2n) is 5.55. The lowest BCUT2D eigenvalue weighted by Gasteiger charge is -2.09. The molecule has 25 heavy (non-hydrogen) atoms. The minimum absolute atomic E-state index is 0.162. The highest BCUT2D eigenvalue weighted by molar-refractivity contribution is 7.91. The Morgan fingerprint density at radius 3 is 2.32 bits per heavy atom. The van der Waals surface area contributed by atoms with Crippen LogP contribution in [0.2, 0.25) is 5.02 Å². The molecule has 5 nitrogen and oxygen atoms in total. The molecule has 0 aromatic heterocycles. The van der Waals surface area contributed by atoms with Gasteiger partial charge in [-0.2, -0.15) is 0 Å². The molecule has 0 saturated heterocycles. The van der Waals surface area contributed by atoms with Crippen molar-refractivity contribution >= 4 is 33.3 Å². The number of carbonyl (C=O) groups excluding carboxylic acids is 1. The lowest BCUT2D eigenvalue weighted by Crippen LogP contribution is -2.15. The van der Waals surface area contributed by atoms with Crippen molar-refractivity contribution in [2.75, 3.05) is 11.3 Å². The third-order valence-corrected chi connectivity index (χ3v) is 4.91. The minimum atomic E-state index is -3.56. The fourth-order valence-electron chi connectivity index (χ4n) is 2.08. The molecule has 2 aromatic rings. The van der Waals surface area contributed by atoms with Crippen LogP contribution in [0.5, 0.6) is 0 Å². The highest BCUT2D eigenvalue weighted by Crippen LogP contribution is 2.16. The highest BCUT2D eigenvalue weighted by atomic mass is 35.5. The van der Waals surface area contributed by atoms with E-state index in [0.29, 0.717) is 28.4 Å². The molecule has 134 valence electrons. The molecule has 0 radical (unpaired) electrons. The van der Waals surface area contributed by atoms with Crippen molar-refractivity contribution in [3.63, 3.8) is 0 Å². The number of anilines is 1. The molecule has 0 amide bonds. The Balaban J connectivity index is 1.97. The first kappa shape index (κ1) is 19.3. The zero-order valence-corrected chi connectivity index (χ0v) is 15.4. The third kappa shape index (κ3) is 6.40. The summed E-state index contributed by atoms with van der Waals surface area (Å²) in [6, 6.07) is 12.8. The number of unbranched alkanes of at least 4 members (excludes halogenated alkanes) is 1. The van der Waals surface area contributed by atoms with E-state index in [-0.39, 0.29) is 5.75 Å². The summed E-state index contributed by atoms with van der Waals surface area (Å²) in [5.74, 6) is -0.575. The minimum Gasteiger partial charge on any atom is -0.462 e. The van der Waals surface area contributed by atoms with E-state index >= 15 is 0 Å². The molecule has 0 bridgehead atoms. The average molecular weight is 382 g/mol. The van der Waals surface area contributed by atoms with Crippen LogP contribution in [0, 0.1) is 0 Å². The van der Waals surface area contributed by atoms with Gasteiger partial charge in [-0.15, -0.1) is 0 Å². The fraction of sp³-hybridized carbons (Fsp3) is 0.278. The van der Waals surface area contributed by atoms with Crippen molar-refractivity contribution < 1.29 is 17.9 Å². The maximum atomic E-state index is 12.2. The zero-order valence-electron chi connectivity index (χ0n) is 13.9. The van der Waals surface area contributed by atoms with Gasteiger partial charge in [0.25, 0.3) is 0 Å². The molecule has 0 fully saturated rings. The van der Waals surface area contributed by atoms with Crippen molar-refractivity contribution in [1.82, 2.24) is 0 Å². The quantitative estimate of drug-likeness (QED) is 0.548. The van der Waals surface area contributed by atoms with Gasteiger partial charge in [-0.25, -0.2) is 13.2 Å². The second-order valence-corrected chi connectivity index (χ2v) is 7.71. The SMILES string of the molecule is CCCCOC(=O)c1ccc(NS(=O)(=O)Cc2ccc(Cl)cc2)cc1. The Hall–Kier alpha value is -2.05. The van der Waals surface area contributed by atoms with E-state index < -0.39 is 16.0 Å². The molecule has 0 atom stereocenters. The lowest BCUT2D eigenvalue weighted by molar-refractivity contribution is 0.0500. The molecule has 2 aromatic carbocycles. The van der Waals surface area contributed by atoms with Gasteiger partial charge in [0.1, 0.15) is 0 Å². The molecule has 2 rings (SSSR count). The van der Waals surface area contributed by atoms with Crippen LogP contribution in [-0.4, -0.2) is 21.0 Å². The molecule has 0 aliphatic carbocycles. The van der Waals surface area contributed by atoms with E-state index in [9.17, 15) is 13.2 Å². The second kappa shape index (κ2) is 8.87. The van der Waals surface area contributed by atoms with Crippen LogP contribution < -0.4 is 4.72 Å². The van der Waals surface area contributed by atoms with Gasteiger partial charge in [0.05, 0.1) is 17.9 Å². The smallest absolute Gasteiger partial charge is 0.338 e. The van der Waals surface area contributed by atoms with Gasteiger partial charge < -0.3 is 4.74 Å². The van der Waals surface area contributed by atoms with Gasteiger partial charge in [0, 0.05) is 10.7 Å². The number of hydrogen-bond acceptors (Lipinski definition) is 4. The number of nitrogens with one attached hydrogen (secondary N) is 1. The Kier molecular flexibility index (Phi) is 6.84. The predicted molar refractivity (Wildman–Crippen MR) is 99.3 cm³/mol. The number of carbonyl (C=O) groups is 1. The summed E-state index contributed by atoms with van der Waals surface area (Å²) in [5, 5.41) is 0.551. The molecular formula is C18H20ClNO4S. The van der Waals surface area contributed by atoms with Gasteiger partial charge in [-0.05, 0) is 48.4 Å². The topological polar surface area (TPSA) is 72.5 Å². The van der Waals surface area contributed by atoms with Gasteiger partial charge in [-0.3, -0.25) is 4.72 Å². The van der Waals surface area contributed by atoms with Crippen molar-refractivity contribution in [2.24, 2.45) is 0 Å². The number of sulfonamides is 1. The summed E-state index contributed by atoms with van der Waals surface area (Å²) in [6.07, 6.45) is 1.76. The molecule has 0 heterocycles. The molecule has 1 N–H and O–H groups in total. The average Bonchev–Trinajstić information content (AvgIpc) is 2.57. The maximum Gasteiger partial charge on any atom is 0.338 e. The van der Waals surface area contributed by atoms with Gasteiger partial charge in [0.2, 0.25) is 10.0 Å². The normalized spacial score (nSPS) is 11.1. The fourth-order valence-corrected chi connectivity index (χ4v) is 3.41. The van der Waals surface area contributed by atoms with Crippen molar-refractivity contribution in [3.8, 4) is 0 Å². The van der Waals surface area contributed by atoms with E-state index in [2.05, 4.69) is 4.72 Å². The molecule has 7 heteroatoms. The van der Waals surface area contributed by atoms with E-state index in [1.54, 1.807) is 24.3 Å². The van der Waals surface area contributed by atoms with Gasteiger partial charge >= 0.3 is 5.97 Å². The lowest BCUT2D eigenvalue weighted by atomic mass is 10.2. The number of rotatable bonds is 8. The Morgan fingerprint density at radius 1 is 1.08 bits per heavy atom. The number of benzene rings is 2. The van der Waals surface area contributed by atoms with Crippen LogP contribution >= 0.6 is 11.6 Å². The van der Waals surface area contributed by atoms with E-state index in [4.69, 9.17) is 16.3 Å². The van der Waals surface area contributed by atoms with E-state index in [0.717, 1.165) is 12.8 Å². The summed E-state index contributed by atoms with van der Waals surface area (Å²) in [6.45, 7) is 2.39. The molecule has 0 aliphatic heterocycles. The summed E-state index contributed by atoms with van der Waals surface area (Å²) in [7, 11) is -3.56. The van der Waals surface area contributed by atoms with Crippen LogP contribution in [0.15, 0.2) is 48.5 Å². The largest absolute Gasteiger partial charge is 0.462 e. The first-order chi connectivity index (χ1) is 11.9. The number of halogens is 1. The predicted octanol–water partition coefficient (Wildman–Crippen LogP) is 4.24. The first-order valence-corrected chi connectivity index (χ1v) is 9.95. The highest BCUT2D eigenvalue weighted by Gasteiger charge is 2.13. The summed E-state index contributed by atoms with van der Waals surface area (Å²) in [4.78, 5) is 11.8. The number of ether oxygens (including phenoxy) is 1. The molecule has 0 unspecified atom stereocenters. The van der Waals surface area contributed by atoms with E-state index in [1.165, 1.54) is 24.3 Å². The molecule has 0 spiro atoms. The summed E-state index contributed by atoms with van der Waals surface area (Å²) < 4.78 is 32.0. The Labute approximate surface area is 153 Å². The number of hydrogen-bond donors (Lipinski definition) is 1. The Morgan fingerprint density at radius 2 is 1.72 bits per heavy atom. The monoisotopic (exact) mass is 381 g/mol. The van der Waals surface area contributed by atoms with Crippen LogP contribution in [0.25, 0.3) is 0 Å². The van der Waals surface area contributed by atoms with Crippen molar-refractivity contribution in [1.29, 1.82) is 0 Å². The summed E-state index contributed by atoms with van der Waals surface area (Å²) in [5.41, 5.74) is 1.41. The van der Waals surface area contributed by atoms with Crippen LogP contribution in [-0.2, 0) is 20.5 Å².